The van der Waals surface area contributed by atoms with E-state index in [1.54, 1.807) is 6.07 Å². The average Bonchev–Trinajstić information content (AvgIpc) is 2.81. The second-order valence-corrected chi connectivity index (χ2v) is 4.88. The quantitative estimate of drug-likeness (QED) is 0.663. The van der Waals surface area contributed by atoms with Crippen LogP contribution in [0.15, 0.2) is 52.9 Å². The van der Waals surface area contributed by atoms with Crippen LogP contribution < -0.4 is 0 Å². The molecule has 0 atom stereocenters. The zero-order chi connectivity index (χ0) is 14.1. The molecule has 2 nitrogen and oxygen atoms in total. The molecule has 0 saturated heterocycles. The first-order chi connectivity index (χ1) is 9.61. The van der Waals surface area contributed by atoms with Gasteiger partial charge in [-0.1, -0.05) is 29.8 Å². The number of carbonyl (C=O) groups is 1. The van der Waals surface area contributed by atoms with Crippen molar-refractivity contribution >= 4 is 16.8 Å². The minimum Gasteiger partial charge on any atom is -0.453 e. The molecule has 0 N–H and O–H groups in total. The van der Waals surface area contributed by atoms with E-state index in [4.69, 9.17) is 4.42 Å². The van der Waals surface area contributed by atoms with Crippen molar-refractivity contribution in [2.24, 2.45) is 0 Å². The van der Waals surface area contributed by atoms with Crippen LogP contribution in [0.3, 0.4) is 0 Å². The van der Waals surface area contributed by atoms with Crippen LogP contribution in [0.4, 0.5) is 4.39 Å². The van der Waals surface area contributed by atoms with Gasteiger partial charge in [0.15, 0.2) is 5.76 Å². The molecule has 20 heavy (non-hydrogen) atoms. The molecular formula is C17H13FO2. The van der Waals surface area contributed by atoms with Gasteiger partial charge < -0.3 is 4.42 Å². The number of rotatable bonds is 3. The number of furan rings is 1. The summed E-state index contributed by atoms with van der Waals surface area (Å²) in [6.45, 7) is 1.98. The average molecular weight is 268 g/mol. The van der Waals surface area contributed by atoms with E-state index < -0.39 is 0 Å². The molecule has 3 heteroatoms. The topological polar surface area (TPSA) is 30.2 Å². The zero-order valence-electron chi connectivity index (χ0n) is 11.0. The highest BCUT2D eigenvalue weighted by Crippen LogP contribution is 2.21. The van der Waals surface area contributed by atoms with Crippen LogP contribution >= 0.6 is 0 Å². The maximum absolute atomic E-state index is 13.1. The molecule has 0 fully saturated rings. The summed E-state index contributed by atoms with van der Waals surface area (Å²) < 4.78 is 18.6. The first-order valence-corrected chi connectivity index (χ1v) is 6.40. The van der Waals surface area contributed by atoms with Gasteiger partial charge in [-0.2, -0.15) is 0 Å². The first-order valence-electron chi connectivity index (χ1n) is 6.40. The van der Waals surface area contributed by atoms with Crippen molar-refractivity contribution in [3.63, 3.8) is 0 Å². The second-order valence-electron chi connectivity index (χ2n) is 4.88. The summed E-state index contributed by atoms with van der Waals surface area (Å²) in [5.74, 6) is -0.171. The Morgan fingerprint density at radius 2 is 2.00 bits per heavy atom. The van der Waals surface area contributed by atoms with E-state index in [1.807, 2.05) is 31.2 Å². The van der Waals surface area contributed by atoms with Crippen LogP contribution in [0.25, 0.3) is 11.0 Å². The van der Waals surface area contributed by atoms with Gasteiger partial charge in [-0.15, -0.1) is 0 Å². The SMILES string of the molecule is Cc1cccc(CC(=O)c2cc3cc(F)ccc3o2)c1. The molecule has 3 rings (SSSR count). The summed E-state index contributed by atoms with van der Waals surface area (Å²) >= 11 is 0. The molecule has 0 amide bonds. The third kappa shape index (κ3) is 2.48. The molecule has 3 aromatic rings. The minimum atomic E-state index is -0.337. The summed E-state index contributed by atoms with van der Waals surface area (Å²) in [5.41, 5.74) is 2.59. The molecule has 0 aliphatic rings. The molecule has 0 aliphatic carbocycles. The third-order valence-corrected chi connectivity index (χ3v) is 3.20. The lowest BCUT2D eigenvalue weighted by atomic mass is 10.1. The Labute approximate surface area is 115 Å². The molecule has 0 spiro atoms. The van der Waals surface area contributed by atoms with Gasteiger partial charge in [0, 0.05) is 11.8 Å². The van der Waals surface area contributed by atoms with Gasteiger partial charge in [-0.3, -0.25) is 4.79 Å². The fraction of sp³-hybridized carbons (Fsp3) is 0.118. The van der Waals surface area contributed by atoms with E-state index in [0.29, 0.717) is 11.0 Å². The smallest absolute Gasteiger partial charge is 0.202 e. The van der Waals surface area contributed by atoms with Crippen LogP contribution in [-0.4, -0.2) is 5.78 Å². The number of fused-ring (bicyclic) bond motifs is 1. The van der Waals surface area contributed by atoms with Crippen molar-refractivity contribution in [1.82, 2.24) is 0 Å². The van der Waals surface area contributed by atoms with E-state index in [9.17, 15) is 9.18 Å². The predicted molar refractivity (Wildman–Crippen MR) is 75.4 cm³/mol. The Bertz CT molecular complexity index is 787. The highest BCUT2D eigenvalue weighted by molar-refractivity contribution is 5.98. The summed E-state index contributed by atoms with van der Waals surface area (Å²) in [6.07, 6.45) is 0.282. The van der Waals surface area contributed by atoms with Crippen molar-refractivity contribution < 1.29 is 13.6 Å². The number of halogens is 1. The Morgan fingerprint density at radius 3 is 2.80 bits per heavy atom. The number of ketones is 1. The van der Waals surface area contributed by atoms with E-state index >= 15 is 0 Å². The molecule has 1 heterocycles. The molecule has 0 aliphatic heterocycles. The van der Waals surface area contributed by atoms with E-state index in [1.165, 1.54) is 18.2 Å². The molecule has 1 aromatic heterocycles. The van der Waals surface area contributed by atoms with Crippen molar-refractivity contribution in [1.29, 1.82) is 0 Å². The summed E-state index contributed by atoms with van der Waals surface area (Å²) in [4.78, 5) is 12.2. The molecule has 2 aromatic carbocycles. The highest BCUT2D eigenvalue weighted by atomic mass is 19.1. The minimum absolute atomic E-state index is 0.104. The summed E-state index contributed by atoms with van der Waals surface area (Å²) in [7, 11) is 0. The van der Waals surface area contributed by atoms with Gasteiger partial charge in [-0.05, 0) is 36.8 Å². The van der Waals surface area contributed by atoms with E-state index in [0.717, 1.165) is 11.1 Å². The maximum Gasteiger partial charge on any atom is 0.202 e. The van der Waals surface area contributed by atoms with Gasteiger partial charge in [0.1, 0.15) is 11.4 Å². The van der Waals surface area contributed by atoms with Gasteiger partial charge in [0.05, 0.1) is 0 Å². The van der Waals surface area contributed by atoms with Gasteiger partial charge >= 0.3 is 0 Å². The van der Waals surface area contributed by atoms with Crippen LogP contribution in [0.5, 0.6) is 0 Å². The maximum atomic E-state index is 13.1. The Balaban J connectivity index is 1.88. The van der Waals surface area contributed by atoms with Crippen LogP contribution in [0, 0.1) is 12.7 Å². The van der Waals surface area contributed by atoms with Crippen LogP contribution in [0.1, 0.15) is 21.7 Å². The van der Waals surface area contributed by atoms with Gasteiger partial charge in [0.2, 0.25) is 5.78 Å². The first kappa shape index (κ1) is 12.6. The second kappa shape index (κ2) is 4.93. The van der Waals surface area contributed by atoms with Crippen molar-refractivity contribution in [2.45, 2.75) is 13.3 Å². The molecule has 0 saturated carbocycles. The number of benzene rings is 2. The molecular weight excluding hydrogens is 255 g/mol. The van der Waals surface area contributed by atoms with Crippen molar-refractivity contribution in [3.05, 3.63) is 71.2 Å². The van der Waals surface area contributed by atoms with Crippen LogP contribution in [-0.2, 0) is 6.42 Å². The molecule has 0 bridgehead atoms. The van der Waals surface area contributed by atoms with Crippen molar-refractivity contribution in [3.8, 4) is 0 Å². The normalized spacial score (nSPS) is 10.9. The number of aryl methyl sites for hydroxylation is 1. The Morgan fingerprint density at radius 1 is 1.15 bits per heavy atom. The lowest BCUT2D eigenvalue weighted by Crippen LogP contribution is -2.01. The Hall–Kier alpha value is -2.42. The number of Topliss-reactive ketones (excluding diaryl/α,β-unsaturated/α-hetero) is 1. The van der Waals surface area contributed by atoms with E-state index in [-0.39, 0.29) is 23.8 Å². The summed E-state index contributed by atoms with van der Waals surface area (Å²) in [6, 6.07) is 13.6. The monoisotopic (exact) mass is 268 g/mol. The molecule has 100 valence electrons. The van der Waals surface area contributed by atoms with Crippen LogP contribution in [0.2, 0.25) is 0 Å². The molecule has 0 radical (unpaired) electrons. The predicted octanol–water partition coefficient (Wildman–Crippen LogP) is 4.31. The summed E-state index contributed by atoms with van der Waals surface area (Å²) in [5, 5.41) is 0.609. The van der Waals surface area contributed by atoms with Gasteiger partial charge in [-0.25, -0.2) is 4.39 Å². The number of hydrogen-bond acceptors (Lipinski definition) is 2. The van der Waals surface area contributed by atoms with Crippen molar-refractivity contribution in [2.75, 3.05) is 0 Å². The third-order valence-electron chi connectivity index (χ3n) is 3.20. The standard InChI is InChI=1S/C17H13FO2/c1-11-3-2-4-12(7-11)8-15(19)17-10-13-9-14(18)5-6-16(13)20-17/h2-7,9-10H,8H2,1H3. The largest absolute Gasteiger partial charge is 0.453 e. The molecule has 0 unspecified atom stereocenters. The van der Waals surface area contributed by atoms with Gasteiger partial charge in [0.25, 0.3) is 0 Å². The Kier molecular flexibility index (Phi) is 3.11. The fourth-order valence-electron chi connectivity index (χ4n) is 2.25. The fourth-order valence-corrected chi connectivity index (χ4v) is 2.25. The lowest BCUT2D eigenvalue weighted by molar-refractivity contribution is 0.0968. The zero-order valence-corrected chi connectivity index (χ0v) is 11.0. The number of carbonyl (C=O) groups excluding carboxylic acids is 1. The number of hydrogen-bond donors (Lipinski definition) is 0. The lowest BCUT2D eigenvalue weighted by Gasteiger charge is -2.00. The highest BCUT2D eigenvalue weighted by Gasteiger charge is 2.13. The van der Waals surface area contributed by atoms with E-state index in [2.05, 4.69) is 0 Å².